The van der Waals surface area contributed by atoms with Crippen molar-refractivity contribution < 1.29 is 13.0 Å². The van der Waals surface area contributed by atoms with Crippen molar-refractivity contribution in [3.05, 3.63) is 35.9 Å². The van der Waals surface area contributed by atoms with Crippen LogP contribution in [0.3, 0.4) is 0 Å². The molecular formula is C9H5ClN3O3S. The first-order valence-corrected chi connectivity index (χ1v) is 6.14. The van der Waals surface area contributed by atoms with Crippen molar-refractivity contribution in [2.75, 3.05) is 0 Å². The number of benzene rings is 1. The number of nitrogens with zero attached hydrogens (tertiary/aromatic N) is 3. The molecule has 1 aromatic carbocycles. The summed E-state index contributed by atoms with van der Waals surface area (Å²) < 4.78 is 30.4. The second kappa shape index (κ2) is 4.36. The first-order valence-electron chi connectivity index (χ1n) is 4.32. The van der Waals surface area contributed by atoms with Crippen molar-refractivity contribution in [2.45, 2.75) is 4.90 Å². The molecule has 2 aromatic rings. The third kappa shape index (κ3) is 2.76. The molecule has 0 saturated heterocycles. The summed E-state index contributed by atoms with van der Waals surface area (Å²) in [6, 6.07) is 5.37. The largest absolute Gasteiger partial charge is 0.294 e. The van der Waals surface area contributed by atoms with E-state index in [1.165, 1.54) is 24.3 Å². The van der Waals surface area contributed by atoms with Gasteiger partial charge >= 0.3 is 0 Å². The minimum Gasteiger partial charge on any atom is -0.282 e. The van der Waals surface area contributed by atoms with E-state index in [-0.39, 0.29) is 16.0 Å². The van der Waals surface area contributed by atoms with Crippen molar-refractivity contribution >= 4 is 21.7 Å². The molecule has 0 aliphatic carbocycles. The third-order valence-electron chi connectivity index (χ3n) is 1.91. The zero-order chi connectivity index (χ0) is 12.5. The first-order chi connectivity index (χ1) is 7.97. The number of halogens is 1. The van der Waals surface area contributed by atoms with E-state index in [1.54, 1.807) is 0 Å². The van der Waals surface area contributed by atoms with Crippen LogP contribution < -0.4 is 0 Å². The van der Waals surface area contributed by atoms with E-state index in [9.17, 15) is 8.42 Å². The topological polar surface area (TPSA) is 93.0 Å². The minimum atomic E-state index is -4.20. The van der Waals surface area contributed by atoms with Gasteiger partial charge in [0.15, 0.2) is 5.82 Å². The van der Waals surface area contributed by atoms with Gasteiger partial charge in [-0.3, -0.25) is 4.55 Å². The Morgan fingerprint density at radius 3 is 2.35 bits per heavy atom. The average Bonchev–Trinajstić information content (AvgIpc) is 2.28. The quantitative estimate of drug-likeness (QED) is 0.825. The van der Waals surface area contributed by atoms with E-state index in [0.717, 1.165) is 0 Å². The van der Waals surface area contributed by atoms with Gasteiger partial charge in [0.25, 0.3) is 10.1 Å². The van der Waals surface area contributed by atoms with Gasteiger partial charge < -0.3 is 0 Å². The number of hydrogen-bond acceptors (Lipinski definition) is 5. The predicted octanol–water partition coefficient (Wildman–Crippen LogP) is 1.24. The molecule has 1 aromatic heterocycles. The molecule has 17 heavy (non-hydrogen) atoms. The smallest absolute Gasteiger partial charge is 0.282 e. The van der Waals surface area contributed by atoms with E-state index >= 15 is 0 Å². The summed E-state index contributed by atoms with van der Waals surface area (Å²) in [7, 11) is -4.20. The molecule has 8 heteroatoms. The van der Waals surface area contributed by atoms with E-state index in [1.807, 2.05) is 0 Å². The molecule has 6 nitrogen and oxygen atoms in total. The molecule has 2 rings (SSSR count). The van der Waals surface area contributed by atoms with Crippen LogP contribution in [0.25, 0.3) is 11.4 Å². The summed E-state index contributed by atoms with van der Waals surface area (Å²) in [6.45, 7) is 0. The molecule has 0 fully saturated rings. The maximum absolute atomic E-state index is 10.8. The van der Waals surface area contributed by atoms with Gasteiger partial charge in [0.05, 0.1) is 4.90 Å². The van der Waals surface area contributed by atoms with Crippen LogP contribution >= 0.6 is 11.6 Å². The number of hydrogen-bond donors (Lipinski definition) is 1. The van der Waals surface area contributed by atoms with Crippen LogP contribution in [0.15, 0.2) is 29.2 Å². The number of aromatic nitrogens is 3. The molecule has 1 heterocycles. The molecule has 87 valence electrons. The van der Waals surface area contributed by atoms with Gasteiger partial charge in [-0.1, -0.05) is 0 Å². The molecule has 0 aliphatic rings. The summed E-state index contributed by atoms with van der Waals surface area (Å²) in [5, 5.41) is -0.00569. The lowest BCUT2D eigenvalue weighted by Crippen LogP contribution is -1.98. The van der Waals surface area contributed by atoms with Crippen LogP contribution in [-0.2, 0) is 10.1 Å². The molecule has 0 amide bonds. The van der Waals surface area contributed by atoms with Crippen LogP contribution in [0.1, 0.15) is 0 Å². The zero-order valence-electron chi connectivity index (χ0n) is 8.20. The maximum atomic E-state index is 10.8. The standard InChI is InChI=1S/C9H5ClN3O3S/c10-9-12-5-11-8(13-9)6-1-3-7(4-2-6)17(14,15)16/h1-4H,(H,14,15,16). The van der Waals surface area contributed by atoms with Crippen LogP contribution in [0.4, 0.5) is 0 Å². The Hall–Kier alpha value is -1.57. The lowest BCUT2D eigenvalue weighted by atomic mass is 10.2. The molecule has 0 bridgehead atoms. The van der Waals surface area contributed by atoms with Gasteiger partial charge in [0.2, 0.25) is 11.6 Å². The molecule has 0 spiro atoms. The van der Waals surface area contributed by atoms with Gasteiger partial charge in [-0.05, 0) is 35.9 Å². The highest BCUT2D eigenvalue weighted by Crippen LogP contribution is 2.17. The van der Waals surface area contributed by atoms with Gasteiger partial charge in [-0.2, -0.15) is 18.4 Å². The summed E-state index contributed by atoms with van der Waals surface area (Å²) >= 11 is 5.57. The molecular weight excluding hydrogens is 266 g/mol. The van der Waals surface area contributed by atoms with Crippen LogP contribution in [0, 0.1) is 6.33 Å². The minimum absolute atomic E-state index is 0.00569. The van der Waals surface area contributed by atoms with E-state index in [2.05, 4.69) is 21.3 Å². The second-order valence-corrected chi connectivity index (χ2v) is 4.79. The molecule has 1 radical (unpaired) electrons. The Kier molecular flexibility index (Phi) is 3.05. The van der Waals surface area contributed by atoms with Gasteiger partial charge in [-0.15, -0.1) is 0 Å². The van der Waals surface area contributed by atoms with Crippen molar-refractivity contribution in [2.24, 2.45) is 0 Å². The number of rotatable bonds is 2. The zero-order valence-corrected chi connectivity index (χ0v) is 9.77. The van der Waals surface area contributed by atoms with Gasteiger partial charge in [0.1, 0.15) is 0 Å². The average molecular weight is 271 g/mol. The van der Waals surface area contributed by atoms with Crippen molar-refractivity contribution in [1.29, 1.82) is 0 Å². The molecule has 1 N–H and O–H groups in total. The molecule has 0 unspecified atom stereocenters. The van der Waals surface area contributed by atoms with Gasteiger partial charge in [-0.25, -0.2) is 4.98 Å². The highest BCUT2D eigenvalue weighted by Gasteiger charge is 2.10. The Labute approximate surface area is 102 Å². The molecule has 0 atom stereocenters. The monoisotopic (exact) mass is 270 g/mol. The fraction of sp³-hybridized carbons (Fsp3) is 0. The Balaban J connectivity index is 2.43. The summed E-state index contributed by atoms with van der Waals surface area (Å²) in [4.78, 5) is 10.9. The highest BCUT2D eigenvalue weighted by atomic mass is 35.5. The van der Waals surface area contributed by atoms with Crippen LogP contribution in [0.5, 0.6) is 0 Å². The van der Waals surface area contributed by atoms with Crippen LogP contribution in [0.2, 0.25) is 5.28 Å². The maximum Gasteiger partial charge on any atom is 0.294 e. The lowest BCUT2D eigenvalue weighted by molar-refractivity contribution is 0.483. The Bertz CT molecular complexity index is 643. The Morgan fingerprint density at radius 1 is 1.18 bits per heavy atom. The highest BCUT2D eigenvalue weighted by molar-refractivity contribution is 7.85. The van der Waals surface area contributed by atoms with Crippen molar-refractivity contribution in [3.8, 4) is 11.4 Å². The fourth-order valence-electron chi connectivity index (χ4n) is 1.16. The lowest BCUT2D eigenvalue weighted by Gasteiger charge is -2.00. The van der Waals surface area contributed by atoms with Gasteiger partial charge in [0, 0.05) is 5.56 Å². The third-order valence-corrected chi connectivity index (χ3v) is 2.94. The van der Waals surface area contributed by atoms with Crippen molar-refractivity contribution in [1.82, 2.24) is 15.0 Å². The van der Waals surface area contributed by atoms with Crippen LogP contribution in [-0.4, -0.2) is 27.9 Å². The normalized spacial score (nSPS) is 11.4. The SMILES string of the molecule is O=S(=O)(O)c1ccc(-c2n[c]nc(Cl)n2)cc1. The first kappa shape index (κ1) is 11.9. The predicted molar refractivity (Wildman–Crippen MR) is 58.9 cm³/mol. The van der Waals surface area contributed by atoms with E-state index in [4.69, 9.17) is 16.2 Å². The fourth-order valence-corrected chi connectivity index (χ4v) is 1.75. The summed E-state index contributed by atoms with van der Waals surface area (Å²) in [5.74, 6) is 0.270. The summed E-state index contributed by atoms with van der Waals surface area (Å²) in [6.07, 6.45) is 2.31. The van der Waals surface area contributed by atoms with E-state index in [0.29, 0.717) is 5.56 Å². The van der Waals surface area contributed by atoms with Crippen molar-refractivity contribution in [3.63, 3.8) is 0 Å². The molecule has 0 aliphatic heterocycles. The van der Waals surface area contributed by atoms with E-state index < -0.39 is 10.1 Å². The molecule has 0 saturated carbocycles. The Morgan fingerprint density at radius 2 is 1.82 bits per heavy atom. The summed E-state index contributed by atoms with van der Waals surface area (Å²) in [5.41, 5.74) is 0.540. The second-order valence-electron chi connectivity index (χ2n) is 3.03.